The van der Waals surface area contributed by atoms with Gasteiger partial charge < -0.3 is 14.5 Å². The third-order valence-electron chi connectivity index (χ3n) is 5.46. The molecule has 1 unspecified atom stereocenters. The van der Waals surface area contributed by atoms with Crippen LogP contribution in [0.25, 0.3) is 0 Å². The van der Waals surface area contributed by atoms with Crippen molar-refractivity contribution in [3.05, 3.63) is 96.3 Å². The van der Waals surface area contributed by atoms with Crippen molar-refractivity contribution in [3.8, 4) is 0 Å². The fraction of sp³-hybridized carbons (Fsp3) is 0.269. The summed E-state index contributed by atoms with van der Waals surface area (Å²) in [6, 6.07) is 23.5. The summed E-state index contributed by atoms with van der Waals surface area (Å²) in [6.45, 7) is 4.34. The van der Waals surface area contributed by atoms with Crippen LogP contribution in [0.4, 0.5) is 5.69 Å². The van der Waals surface area contributed by atoms with Crippen molar-refractivity contribution in [1.82, 2.24) is 9.88 Å². The SMILES string of the molecule is O=C(OC(CO/N=C\c1ccccc1)CN1CCN(c2ccccc2)CC1)c1cccnc1. The van der Waals surface area contributed by atoms with E-state index in [1.807, 2.05) is 36.4 Å². The molecule has 2 aromatic carbocycles. The van der Waals surface area contributed by atoms with E-state index in [2.05, 4.69) is 44.2 Å². The summed E-state index contributed by atoms with van der Waals surface area (Å²) >= 11 is 0. The number of pyridine rings is 1. The minimum absolute atomic E-state index is 0.175. The number of nitrogens with zero attached hydrogens (tertiary/aromatic N) is 4. The van der Waals surface area contributed by atoms with Gasteiger partial charge >= 0.3 is 5.97 Å². The zero-order valence-corrected chi connectivity index (χ0v) is 18.5. The van der Waals surface area contributed by atoms with E-state index >= 15 is 0 Å². The van der Waals surface area contributed by atoms with Gasteiger partial charge in [-0.25, -0.2) is 4.79 Å². The molecule has 3 aromatic rings. The maximum Gasteiger partial charge on any atom is 0.340 e. The molecule has 170 valence electrons. The molecule has 0 N–H and O–H groups in total. The summed E-state index contributed by atoms with van der Waals surface area (Å²) in [5.41, 5.74) is 2.60. The number of aromatic nitrogens is 1. The van der Waals surface area contributed by atoms with Crippen LogP contribution in [-0.2, 0) is 9.57 Å². The summed E-state index contributed by atoms with van der Waals surface area (Å²) < 4.78 is 5.77. The molecule has 0 bridgehead atoms. The molecule has 1 aliphatic rings. The minimum atomic E-state index is -0.450. The summed E-state index contributed by atoms with van der Waals surface area (Å²) in [5.74, 6) is -0.410. The Hall–Kier alpha value is -3.71. The van der Waals surface area contributed by atoms with Gasteiger partial charge in [-0.3, -0.25) is 9.88 Å². The van der Waals surface area contributed by atoms with Crippen molar-refractivity contribution in [3.63, 3.8) is 0 Å². The van der Waals surface area contributed by atoms with E-state index in [1.54, 1.807) is 24.5 Å². The number of hydrogen-bond acceptors (Lipinski definition) is 7. The Morgan fingerprint density at radius 2 is 1.70 bits per heavy atom. The lowest BCUT2D eigenvalue weighted by atomic mass is 10.2. The second-order valence-electron chi connectivity index (χ2n) is 7.83. The lowest BCUT2D eigenvalue weighted by Crippen LogP contribution is -2.49. The van der Waals surface area contributed by atoms with Gasteiger partial charge in [-0.15, -0.1) is 0 Å². The molecule has 33 heavy (non-hydrogen) atoms. The Balaban J connectivity index is 1.33. The Morgan fingerprint density at radius 3 is 2.39 bits per heavy atom. The number of anilines is 1. The first-order valence-corrected chi connectivity index (χ1v) is 11.1. The van der Waals surface area contributed by atoms with E-state index in [4.69, 9.17) is 9.57 Å². The molecule has 0 radical (unpaired) electrons. The van der Waals surface area contributed by atoms with Gasteiger partial charge in [0.15, 0.2) is 12.7 Å². The molecule has 1 aliphatic heterocycles. The number of carbonyl (C=O) groups excluding carboxylic acids is 1. The monoisotopic (exact) mass is 444 g/mol. The molecule has 0 spiro atoms. The van der Waals surface area contributed by atoms with Crippen LogP contribution in [0, 0.1) is 0 Å². The third kappa shape index (κ3) is 6.89. The molecule has 1 saturated heterocycles. The highest BCUT2D eigenvalue weighted by Gasteiger charge is 2.24. The van der Waals surface area contributed by atoms with Crippen LogP contribution < -0.4 is 4.90 Å². The molecule has 1 atom stereocenters. The molecule has 7 nitrogen and oxygen atoms in total. The number of rotatable bonds is 9. The highest BCUT2D eigenvalue weighted by atomic mass is 16.6. The zero-order chi connectivity index (χ0) is 22.7. The number of benzene rings is 2. The molecular weight excluding hydrogens is 416 g/mol. The summed E-state index contributed by atoms with van der Waals surface area (Å²) in [7, 11) is 0. The van der Waals surface area contributed by atoms with Gasteiger partial charge in [0.25, 0.3) is 0 Å². The molecule has 4 rings (SSSR count). The van der Waals surface area contributed by atoms with Crippen LogP contribution in [-0.4, -0.2) is 67.5 Å². The van der Waals surface area contributed by atoms with E-state index < -0.39 is 12.1 Å². The number of oxime groups is 1. The van der Waals surface area contributed by atoms with E-state index in [9.17, 15) is 4.79 Å². The molecule has 0 saturated carbocycles. The smallest absolute Gasteiger partial charge is 0.340 e. The first-order valence-electron chi connectivity index (χ1n) is 11.1. The molecule has 0 amide bonds. The maximum absolute atomic E-state index is 12.6. The van der Waals surface area contributed by atoms with Gasteiger partial charge in [-0.2, -0.15) is 0 Å². The largest absolute Gasteiger partial charge is 0.454 e. The van der Waals surface area contributed by atoms with Crippen LogP contribution in [0.3, 0.4) is 0 Å². The Morgan fingerprint density at radius 1 is 0.970 bits per heavy atom. The summed E-state index contributed by atoms with van der Waals surface area (Å²) in [6.07, 6.45) is 4.33. The highest BCUT2D eigenvalue weighted by Crippen LogP contribution is 2.16. The van der Waals surface area contributed by atoms with Crippen molar-refractivity contribution in [2.24, 2.45) is 5.16 Å². The Labute approximate surface area is 194 Å². The minimum Gasteiger partial charge on any atom is -0.454 e. The topological polar surface area (TPSA) is 67.3 Å². The normalized spacial score (nSPS) is 15.3. The maximum atomic E-state index is 12.6. The van der Waals surface area contributed by atoms with Crippen molar-refractivity contribution in [2.75, 3.05) is 44.2 Å². The average Bonchev–Trinajstić information content (AvgIpc) is 2.88. The summed E-state index contributed by atoms with van der Waals surface area (Å²) in [4.78, 5) is 26.8. The van der Waals surface area contributed by atoms with Gasteiger partial charge in [0.05, 0.1) is 11.8 Å². The van der Waals surface area contributed by atoms with Crippen LogP contribution in [0.2, 0.25) is 0 Å². The van der Waals surface area contributed by atoms with Gasteiger partial charge in [-0.05, 0) is 29.8 Å². The van der Waals surface area contributed by atoms with E-state index in [1.165, 1.54) is 11.9 Å². The first-order chi connectivity index (χ1) is 16.3. The molecule has 7 heteroatoms. The molecule has 0 aliphatic carbocycles. The number of ether oxygens (including phenoxy) is 1. The van der Waals surface area contributed by atoms with Crippen LogP contribution in [0.1, 0.15) is 15.9 Å². The van der Waals surface area contributed by atoms with Crippen molar-refractivity contribution in [2.45, 2.75) is 6.10 Å². The number of para-hydroxylation sites is 1. The van der Waals surface area contributed by atoms with Gasteiger partial charge in [0.1, 0.15) is 0 Å². The average molecular weight is 445 g/mol. The van der Waals surface area contributed by atoms with Gasteiger partial charge in [-0.1, -0.05) is 53.7 Å². The lowest BCUT2D eigenvalue weighted by Gasteiger charge is -2.37. The Kier molecular flexibility index (Phi) is 8.03. The predicted molar refractivity (Wildman–Crippen MR) is 129 cm³/mol. The van der Waals surface area contributed by atoms with Crippen LogP contribution in [0.15, 0.2) is 90.3 Å². The van der Waals surface area contributed by atoms with Crippen LogP contribution in [0.5, 0.6) is 0 Å². The molecular formula is C26H28N4O3. The van der Waals surface area contributed by atoms with E-state index in [0.717, 1.165) is 31.7 Å². The van der Waals surface area contributed by atoms with Crippen molar-refractivity contribution >= 4 is 17.9 Å². The first kappa shape index (κ1) is 22.5. The van der Waals surface area contributed by atoms with Gasteiger partial charge in [0, 0.05) is 50.8 Å². The van der Waals surface area contributed by atoms with E-state index in [0.29, 0.717) is 12.1 Å². The summed E-state index contributed by atoms with van der Waals surface area (Å²) in [5, 5.41) is 4.05. The Bertz CT molecular complexity index is 1010. The standard InChI is InChI=1S/C26H28N4O3/c31-26(23-10-7-13-27-19-23)33-25(21-32-28-18-22-8-3-1-4-9-22)20-29-14-16-30(17-15-29)24-11-5-2-6-12-24/h1-13,18-19,25H,14-17,20-21H2/b28-18-. The third-order valence-corrected chi connectivity index (χ3v) is 5.46. The zero-order valence-electron chi connectivity index (χ0n) is 18.5. The quantitative estimate of drug-likeness (QED) is 0.286. The fourth-order valence-electron chi connectivity index (χ4n) is 3.71. The second kappa shape index (κ2) is 11.8. The number of carbonyl (C=O) groups is 1. The molecule has 2 heterocycles. The number of hydrogen-bond donors (Lipinski definition) is 0. The van der Waals surface area contributed by atoms with Gasteiger partial charge in [0.2, 0.25) is 0 Å². The van der Waals surface area contributed by atoms with Crippen molar-refractivity contribution < 1.29 is 14.4 Å². The predicted octanol–water partition coefficient (Wildman–Crippen LogP) is 3.48. The van der Waals surface area contributed by atoms with Crippen LogP contribution >= 0.6 is 0 Å². The van der Waals surface area contributed by atoms with Crippen molar-refractivity contribution in [1.29, 1.82) is 0 Å². The molecule has 1 fully saturated rings. The fourth-order valence-corrected chi connectivity index (χ4v) is 3.71. The molecule has 1 aromatic heterocycles. The number of piperazine rings is 1. The highest BCUT2D eigenvalue weighted by molar-refractivity contribution is 5.89. The van der Waals surface area contributed by atoms with E-state index in [-0.39, 0.29) is 6.61 Å². The number of esters is 1. The second-order valence-corrected chi connectivity index (χ2v) is 7.83. The lowest BCUT2D eigenvalue weighted by molar-refractivity contribution is -0.0155.